The zero-order valence-corrected chi connectivity index (χ0v) is 16.8. The van der Waals surface area contributed by atoms with Gasteiger partial charge in [-0.2, -0.15) is 0 Å². The van der Waals surface area contributed by atoms with Crippen molar-refractivity contribution in [2.75, 3.05) is 19.6 Å². The van der Waals surface area contributed by atoms with Crippen LogP contribution in [0.5, 0.6) is 0 Å². The Kier molecular flexibility index (Phi) is 6.43. The second kappa shape index (κ2) is 9.38. The van der Waals surface area contributed by atoms with E-state index in [0.717, 1.165) is 32.5 Å². The molecule has 2 aliphatic rings. The Bertz CT molecular complexity index is 767. The fourth-order valence-electron chi connectivity index (χ4n) is 4.87. The Morgan fingerprint density at radius 1 is 0.964 bits per heavy atom. The monoisotopic (exact) mass is 376 g/mol. The van der Waals surface area contributed by atoms with Crippen LogP contribution in [-0.4, -0.2) is 36.5 Å². The quantitative estimate of drug-likeness (QED) is 0.780. The van der Waals surface area contributed by atoms with Crippen LogP contribution >= 0.6 is 0 Å². The van der Waals surface area contributed by atoms with Gasteiger partial charge in [-0.25, -0.2) is 0 Å². The number of nitrogens with one attached hydrogen (secondary N) is 1. The van der Waals surface area contributed by atoms with Gasteiger partial charge < -0.3 is 10.2 Å². The third-order valence-corrected chi connectivity index (χ3v) is 6.40. The fraction of sp³-hybridized carbons (Fsp3) is 0.480. The first-order valence-corrected chi connectivity index (χ1v) is 10.9. The minimum Gasteiger partial charge on any atom is -0.352 e. The van der Waals surface area contributed by atoms with Gasteiger partial charge in [-0.1, -0.05) is 67.4 Å². The Hall–Kier alpha value is -2.13. The molecule has 0 aromatic heterocycles. The second-order valence-electron chi connectivity index (χ2n) is 8.45. The summed E-state index contributed by atoms with van der Waals surface area (Å²) in [5.41, 5.74) is 4.02. The summed E-state index contributed by atoms with van der Waals surface area (Å²) in [6.45, 7) is 3.13. The first-order valence-electron chi connectivity index (χ1n) is 10.9. The van der Waals surface area contributed by atoms with E-state index in [0.29, 0.717) is 18.4 Å². The van der Waals surface area contributed by atoms with Crippen molar-refractivity contribution in [3.8, 4) is 0 Å². The highest BCUT2D eigenvalue weighted by atomic mass is 16.1. The van der Waals surface area contributed by atoms with Crippen molar-refractivity contribution in [1.82, 2.24) is 10.2 Å². The molecule has 0 radical (unpaired) electrons. The summed E-state index contributed by atoms with van der Waals surface area (Å²) < 4.78 is 0. The average molecular weight is 377 g/mol. The van der Waals surface area contributed by atoms with E-state index >= 15 is 0 Å². The fourth-order valence-corrected chi connectivity index (χ4v) is 4.87. The summed E-state index contributed by atoms with van der Waals surface area (Å²) in [4.78, 5) is 15.2. The van der Waals surface area contributed by atoms with E-state index in [4.69, 9.17) is 0 Å². The Morgan fingerprint density at radius 3 is 2.54 bits per heavy atom. The van der Waals surface area contributed by atoms with Crippen LogP contribution in [0.2, 0.25) is 0 Å². The predicted octanol–water partition coefficient (Wildman–Crippen LogP) is 4.32. The van der Waals surface area contributed by atoms with E-state index < -0.39 is 0 Å². The molecule has 1 amide bonds. The van der Waals surface area contributed by atoms with Crippen molar-refractivity contribution in [3.63, 3.8) is 0 Å². The SMILES string of the molecule is O=C(Cc1ccccc1C1CCCC1)N[C@H]1CCN(CCc2ccccc2)C1. The molecule has 4 rings (SSSR count). The molecule has 3 nitrogen and oxygen atoms in total. The number of benzene rings is 2. The number of hydrogen-bond acceptors (Lipinski definition) is 2. The Balaban J connectivity index is 1.26. The number of nitrogens with zero attached hydrogens (tertiary/aromatic N) is 1. The highest BCUT2D eigenvalue weighted by molar-refractivity contribution is 5.79. The molecule has 0 bridgehead atoms. The molecule has 3 heteroatoms. The van der Waals surface area contributed by atoms with E-state index in [1.165, 1.54) is 42.4 Å². The summed E-state index contributed by atoms with van der Waals surface area (Å²) >= 11 is 0. The molecule has 1 atom stereocenters. The topological polar surface area (TPSA) is 32.3 Å². The normalized spacial score (nSPS) is 20.5. The van der Waals surface area contributed by atoms with Gasteiger partial charge in [0.15, 0.2) is 0 Å². The molecule has 2 fully saturated rings. The predicted molar refractivity (Wildman–Crippen MR) is 114 cm³/mol. The lowest BCUT2D eigenvalue weighted by molar-refractivity contribution is -0.121. The van der Waals surface area contributed by atoms with Crippen LogP contribution in [0.4, 0.5) is 0 Å². The third-order valence-electron chi connectivity index (χ3n) is 6.40. The molecule has 1 aliphatic heterocycles. The van der Waals surface area contributed by atoms with Crippen LogP contribution in [0.15, 0.2) is 54.6 Å². The number of carbonyl (C=O) groups excluding carboxylic acids is 1. The van der Waals surface area contributed by atoms with E-state index in [2.05, 4.69) is 64.8 Å². The number of rotatable bonds is 7. The lowest BCUT2D eigenvalue weighted by atomic mass is 9.91. The lowest BCUT2D eigenvalue weighted by Gasteiger charge is -2.18. The van der Waals surface area contributed by atoms with Crippen LogP contribution in [0.3, 0.4) is 0 Å². The summed E-state index contributed by atoms with van der Waals surface area (Å²) in [5.74, 6) is 0.837. The molecule has 1 N–H and O–H groups in total. The molecule has 0 unspecified atom stereocenters. The maximum absolute atomic E-state index is 12.7. The Morgan fingerprint density at radius 2 is 1.71 bits per heavy atom. The van der Waals surface area contributed by atoms with Crippen LogP contribution in [0.1, 0.15) is 54.7 Å². The van der Waals surface area contributed by atoms with Crippen molar-refractivity contribution in [2.45, 2.75) is 56.9 Å². The summed E-state index contributed by atoms with van der Waals surface area (Å²) in [5, 5.41) is 3.29. The highest BCUT2D eigenvalue weighted by Gasteiger charge is 2.25. The molecule has 28 heavy (non-hydrogen) atoms. The molecule has 148 valence electrons. The summed E-state index contributed by atoms with van der Waals surface area (Å²) in [6.07, 6.45) is 7.86. The smallest absolute Gasteiger partial charge is 0.224 e. The van der Waals surface area contributed by atoms with E-state index in [1.54, 1.807) is 0 Å². The van der Waals surface area contributed by atoms with Gasteiger partial charge in [-0.15, -0.1) is 0 Å². The van der Waals surface area contributed by atoms with E-state index in [1.807, 2.05) is 0 Å². The average Bonchev–Trinajstić information content (AvgIpc) is 3.40. The van der Waals surface area contributed by atoms with Crippen molar-refractivity contribution in [2.24, 2.45) is 0 Å². The minimum atomic E-state index is 0.181. The maximum atomic E-state index is 12.7. The number of hydrogen-bond donors (Lipinski definition) is 1. The van der Waals surface area contributed by atoms with Crippen LogP contribution in [0.25, 0.3) is 0 Å². The zero-order valence-electron chi connectivity index (χ0n) is 16.8. The van der Waals surface area contributed by atoms with Crippen LogP contribution in [0, 0.1) is 0 Å². The van der Waals surface area contributed by atoms with Crippen molar-refractivity contribution in [1.29, 1.82) is 0 Å². The van der Waals surface area contributed by atoms with Gasteiger partial charge in [0.25, 0.3) is 0 Å². The van der Waals surface area contributed by atoms with Crippen molar-refractivity contribution >= 4 is 5.91 Å². The number of amides is 1. The number of carbonyl (C=O) groups is 1. The molecule has 1 heterocycles. The standard InChI is InChI=1S/C25H32N2O/c28-25(18-22-12-6-7-13-24(22)21-10-4-5-11-21)26-23-15-17-27(19-23)16-14-20-8-2-1-3-9-20/h1-3,6-9,12-13,21,23H,4-5,10-11,14-19H2,(H,26,28)/t23-/m0/s1. The van der Waals surface area contributed by atoms with Gasteiger partial charge in [0.05, 0.1) is 6.42 Å². The molecule has 1 saturated carbocycles. The molecule has 1 aliphatic carbocycles. The van der Waals surface area contributed by atoms with Gasteiger partial charge in [0.2, 0.25) is 5.91 Å². The molecule has 1 saturated heterocycles. The Labute approximate surface area is 169 Å². The zero-order chi connectivity index (χ0) is 19.2. The summed E-state index contributed by atoms with van der Waals surface area (Å²) in [7, 11) is 0. The lowest BCUT2D eigenvalue weighted by Crippen LogP contribution is -2.38. The van der Waals surface area contributed by atoms with Gasteiger partial charge in [0.1, 0.15) is 0 Å². The van der Waals surface area contributed by atoms with Crippen LogP contribution in [-0.2, 0) is 17.6 Å². The van der Waals surface area contributed by atoms with Gasteiger partial charge in [-0.3, -0.25) is 4.79 Å². The molecule has 0 spiro atoms. The van der Waals surface area contributed by atoms with Crippen molar-refractivity contribution in [3.05, 3.63) is 71.3 Å². The largest absolute Gasteiger partial charge is 0.352 e. The van der Waals surface area contributed by atoms with Gasteiger partial charge >= 0.3 is 0 Å². The molecular formula is C25H32N2O. The molecule has 2 aromatic carbocycles. The maximum Gasteiger partial charge on any atom is 0.224 e. The summed E-state index contributed by atoms with van der Waals surface area (Å²) in [6, 6.07) is 19.5. The van der Waals surface area contributed by atoms with E-state index in [9.17, 15) is 4.79 Å². The van der Waals surface area contributed by atoms with E-state index in [-0.39, 0.29) is 5.91 Å². The van der Waals surface area contributed by atoms with Gasteiger partial charge in [0, 0.05) is 25.7 Å². The highest BCUT2D eigenvalue weighted by Crippen LogP contribution is 2.35. The van der Waals surface area contributed by atoms with Crippen molar-refractivity contribution < 1.29 is 4.79 Å². The van der Waals surface area contributed by atoms with Gasteiger partial charge in [-0.05, 0) is 48.3 Å². The number of likely N-dealkylation sites (tertiary alicyclic amines) is 1. The first kappa shape index (κ1) is 19.2. The third kappa shape index (κ3) is 5.02. The van der Waals surface area contributed by atoms with Crippen LogP contribution < -0.4 is 5.32 Å². The minimum absolute atomic E-state index is 0.181. The first-order chi connectivity index (χ1) is 13.8. The second-order valence-corrected chi connectivity index (χ2v) is 8.45. The molecular weight excluding hydrogens is 344 g/mol. The molecule has 2 aromatic rings.